The third-order valence-electron chi connectivity index (χ3n) is 2.23. The van der Waals surface area contributed by atoms with Crippen molar-refractivity contribution >= 4 is 40.1 Å². The molecule has 0 saturated carbocycles. The van der Waals surface area contributed by atoms with Gasteiger partial charge >= 0.3 is 0 Å². The number of benzene rings is 1. The highest BCUT2D eigenvalue weighted by Gasteiger charge is 2.14. The second-order valence-corrected chi connectivity index (χ2v) is 5.92. The Kier molecular flexibility index (Phi) is 5.66. The van der Waals surface area contributed by atoms with E-state index in [1.807, 2.05) is 36.4 Å². The van der Waals surface area contributed by atoms with E-state index in [-0.39, 0.29) is 23.1 Å². The van der Waals surface area contributed by atoms with Gasteiger partial charge in [0.25, 0.3) is 5.91 Å². The van der Waals surface area contributed by atoms with E-state index in [0.717, 1.165) is 0 Å². The second-order valence-electron chi connectivity index (χ2n) is 4.02. The monoisotopic (exact) mass is 369 g/mol. The predicted octanol–water partition coefficient (Wildman–Crippen LogP) is 3.57. The standard InChI is InChI=1S/C12H14ClFINO/c1-7(13)5-8(2)16-12(17)10-4-3-9(14)6-11(10)15/h3-4,6-8H,5H2,1-2H3,(H,16,17). The topological polar surface area (TPSA) is 29.1 Å². The minimum Gasteiger partial charge on any atom is -0.350 e. The number of hydrogen-bond acceptors (Lipinski definition) is 1. The van der Waals surface area contributed by atoms with Gasteiger partial charge in [-0.3, -0.25) is 4.79 Å². The van der Waals surface area contributed by atoms with Crippen LogP contribution in [0.3, 0.4) is 0 Å². The third-order valence-corrected chi connectivity index (χ3v) is 3.30. The zero-order chi connectivity index (χ0) is 13.0. The molecule has 1 amide bonds. The maximum atomic E-state index is 12.9. The van der Waals surface area contributed by atoms with Gasteiger partial charge in [0.2, 0.25) is 0 Å². The highest BCUT2D eigenvalue weighted by atomic mass is 127. The van der Waals surface area contributed by atoms with Crippen LogP contribution >= 0.6 is 34.2 Å². The SMILES string of the molecule is CC(Cl)CC(C)NC(=O)c1ccc(F)cc1I. The van der Waals surface area contributed by atoms with E-state index >= 15 is 0 Å². The van der Waals surface area contributed by atoms with Crippen molar-refractivity contribution < 1.29 is 9.18 Å². The van der Waals surface area contributed by atoms with Crippen LogP contribution in [0.15, 0.2) is 18.2 Å². The number of amides is 1. The van der Waals surface area contributed by atoms with Gasteiger partial charge in [0, 0.05) is 15.0 Å². The van der Waals surface area contributed by atoms with Crippen LogP contribution in [0.25, 0.3) is 0 Å². The molecule has 0 aliphatic carbocycles. The lowest BCUT2D eigenvalue weighted by atomic mass is 10.1. The van der Waals surface area contributed by atoms with E-state index in [4.69, 9.17) is 11.6 Å². The fourth-order valence-corrected chi connectivity index (χ4v) is 2.51. The van der Waals surface area contributed by atoms with Crippen molar-refractivity contribution in [3.05, 3.63) is 33.1 Å². The molecule has 1 aromatic rings. The molecule has 0 bridgehead atoms. The molecule has 2 atom stereocenters. The van der Waals surface area contributed by atoms with Gasteiger partial charge in [0.1, 0.15) is 5.82 Å². The molecule has 1 rings (SSSR count). The van der Waals surface area contributed by atoms with E-state index in [1.54, 1.807) is 0 Å². The van der Waals surface area contributed by atoms with Crippen molar-refractivity contribution in [2.24, 2.45) is 0 Å². The average molecular weight is 370 g/mol. The van der Waals surface area contributed by atoms with Crippen LogP contribution in [-0.2, 0) is 0 Å². The molecular formula is C12H14ClFINO. The average Bonchev–Trinajstić information content (AvgIpc) is 2.15. The third kappa shape index (κ3) is 4.79. The number of rotatable bonds is 4. The van der Waals surface area contributed by atoms with Gasteiger partial charge in [-0.1, -0.05) is 0 Å². The number of carbonyl (C=O) groups excluding carboxylic acids is 1. The fourth-order valence-electron chi connectivity index (χ4n) is 1.52. The lowest BCUT2D eigenvalue weighted by Crippen LogP contribution is -2.34. The summed E-state index contributed by atoms with van der Waals surface area (Å²) in [5.41, 5.74) is 0.487. The van der Waals surface area contributed by atoms with Crippen molar-refractivity contribution in [3.8, 4) is 0 Å². The van der Waals surface area contributed by atoms with Crippen LogP contribution in [0.2, 0.25) is 0 Å². The minimum atomic E-state index is -0.339. The van der Waals surface area contributed by atoms with E-state index in [2.05, 4.69) is 5.32 Å². The maximum Gasteiger partial charge on any atom is 0.252 e. The molecule has 2 nitrogen and oxygen atoms in total. The summed E-state index contributed by atoms with van der Waals surface area (Å²) in [6.45, 7) is 3.78. The highest BCUT2D eigenvalue weighted by molar-refractivity contribution is 14.1. The zero-order valence-corrected chi connectivity index (χ0v) is 12.5. The Hall–Kier alpha value is -0.360. The zero-order valence-electron chi connectivity index (χ0n) is 9.64. The van der Waals surface area contributed by atoms with Gasteiger partial charge in [-0.25, -0.2) is 4.39 Å². The fraction of sp³-hybridized carbons (Fsp3) is 0.417. The molecule has 0 fully saturated rings. The number of hydrogen-bond donors (Lipinski definition) is 1. The van der Waals surface area contributed by atoms with Crippen LogP contribution in [0.4, 0.5) is 4.39 Å². The summed E-state index contributed by atoms with van der Waals surface area (Å²) in [7, 11) is 0. The summed E-state index contributed by atoms with van der Waals surface area (Å²) in [5.74, 6) is -0.535. The Morgan fingerprint density at radius 1 is 1.53 bits per heavy atom. The molecule has 0 spiro atoms. The normalized spacial score (nSPS) is 14.2. The summed E-state index contributed by atoms with van der Waals surface area (Å²) in [5, 5.41) is 2.85. The van der Waals surface area contributed by atoms with Crippen LogP contribution in [0.1, 0.15) is 30.6 Å². The molecule has 1 N–H and O–H groups in total. The van der Waals surface area contributed by atoms with Crippen molar-refractivity contribution in [2.45, 2.75) is 31.7 Å². The van der Waals surface area contributed by atoms with Gasteiger partial charge in [-0.15, -0.1) is 11.6 Å². The molecule has 1 aromatic carbocycles. The van der Waals surface area contributed by atoms with Gasteiger partial charge in [-0.2, -0.15) is 0 Å². The van der Waals surface area contributed by atoms with Crippen LogP contribution in [0.5, 0.6) is 0 Å². The molecule has 0 aliphatic heterocycles. The van der Waals surface area contributed by atoms with Gasteiger partial charge in [0.15, 0.2) is 0 Å². The van der Waals surface area contributed by atoms with Crippen molar-refractivity contribution in [2.75, 3.05) is 0 Å². The first kappa shape index (κ1) is 14.7. The number of carbonyl (C=O) groups is 1. The van der Waals surface area contributed by atoms with E-state index < -0.39 is 0 Å². The summed E-state index contributed by atoms with van der Waals surface area (Å²) in [6.07, 6.45) is 0.699. The molecule has 0 radical (unpaired) electrons. The van der Waals surface area contributed by atoms with E-state index in [0.29, 0.717) is 15.6 Å². The summed E-state index contributed by atoms with van der Waals surface area (Å²) in [4.78, 5) is 11.9. The number of alkyl halides is 1. The maximum absolute atomic E-state index is 12.9. The van der Waals surface area contributed by atoms with E-state index in [9.17, 15) is 9.18 Å². The van der Waals surface area contributed by atoms with Crippen molar-refractivity contribution in [1.29, 1.82) is 0 Å². The Labute approximate surface area is 119 Å². The first-order chi connectivity index (χ1) is 7.90. The van der Waals surface area contributed by atoms with Gasteiger partial charge in [-0.05, 0) is 61.1 Å². The molecular weight excluding hydrogens is 355 g/mol. The smallest absolute Gasteiger partial charge is 0.252 e. The quantitative estimate of drug-likeness (QED) is 0.638. The van der Waals surface area contributed by atoms with Crippen molar-refractivity contribution in [1.82, 2.24) is 5.32 Å². The molecule has 17 heavy (non-hydrogen) atoms. The predicted molar refractivity (Wildman–Crippen MR) is 76.0 cm³/mol. The molecule has 0 aromatic heterocycles. The number of halogens is 3. The summed E-state index contributed by atoms with van der Waals surface area (Å²) in [6, 6.07) is 4.11. The first-order valence-electron chi connectivity index (χ1n) is 5.30. The number of nitrogens with one attached hydrogen (secondary N) is 1. The molecule has 94 valence electrons. The second kappa shape index (κ2) is 6.54. The largest absolute Gasteiger partial charge is 0.350 e. The Morgan fingerprint density at radius 2 is 2.18 bits per heavy atom. The Morgan fingerprint density at radius 3 is 2.71 bits per heavy atom. The molecule has 0 heterocycles. The summed E-state index contributed by atoms with van der Waals surface area (Å²) < 4.78 is 13.5. The first-order valence-corrected chi connectivity index (χ1v) is 6.81. The van der Waals surface area contributed by atoms with Crippen LogP contribution in [0, 0.1) is 9.39 Å². The molecule has 5 heteroatoms. The molecule has 0 saturated heterocycles. The lowest BCUT2D eigenvalue weighted by Gasteiger charge is -2.15. The lowest BCUT2D eigenvalue weighted by molar-refractivity contribution is 0.0937. The Bertz CT molecular complexity index is 411. The van der Waals surface area contributed by atoms with Crippen LogP contribution < -0.4 is 5.32 Å². The van der Waals surface area contributed by atoms with Crippen LogP contribution in [-0.4, -0.2) is 17.3 Å². The van der Waals surface area contributed by atoms with Gasteiger partial charge < -0.3 is 5.32 Å². The molecule has 0 aliphatic rings. The highest BCUT2D eigenvalue weighted by Crippen LogP contribution is 2.14. The van der Waals surface area contributed by atoms with Crippen molar-refractivity contribution in [3.63, 3.8) is 0 Å². The Balaban J connectivity index is 2.70. The van der Waals surface area contributed by atoms with E-state index in [1.165, 1.54) is 18.2 Å². The molecule has 2 unspecified atom stereocenters. The summed E-state index contributed by atoms with van der Waals surface area (Å²) >= 11 is 7.80. The minimum absolute atomic E-state index is 0.00384. The van der Waals surface area contributed by atoms with Gasteiger partial charge in [0.05, 0.1) is 5.56 Å².